The molecule has 0 spiro atoms. The number of nitrogens with two attached hydrogens (primary N) is 1. The van der Waals surface area contributed by atoms with E-state index < -0.39 is 35.6 Å². The molecule has 11 heteroatoms. The predicted molar refractivity (Wildman–Crippen MR) is 128 cm³/mol. The van der Waals surface area contributed by atoms with Crippen LogP contribution in [0.5, 0.6) is 5.75 Å². The van der Waals surface area contributed by atoms with Crippen molar-refractivity contribution in [1.82, 2.24) is 19.5 Å². The lowest BCUT2D eigenvalue weighted by Gasteiger charge is -2.41. The van der Waals surface area contributed by atoms with Crippen LogP contribution in [0.25, 0.3) is 11.3 Å². The molecule has 1 unspecified atom stereocenters. The molecule has 5 rings (SSSR count). The van der Waals surface area contributed by atoms with Crippen LogP contribution in [0.15, 0.2) is 35.6 Å². The number of hydrogen-bond acceptors (Lipinski definition) is 5. The average molecular weight is 499 g/mol. The summed E-state index contributed by atoms with van der Waals surface area (Å²) >= 11 is 0. The third kappa shape index (κ3) is 4.04. The highest BCUT2D eigenvalue weighted by atomic mass is 19.1. The molecule has 36 heavy (non-hydrogen) atoms. The monoisotopic (exact) mass is 498 g/mol. The smallest absolute Gasteiger partial charge is 0.341 e. The number of amides is 2. The maximum absolute atomic E-state index is 14.5. The molecule has 188 valence electrons. The Morgan fingerprint density at radius 2 is 1.81 bits per heavy atom. The van der Waals surface area contributed by atoms with Crippen molar-refractivity contribution < 1.29 is 22.7 Å². The molecule has 8 nitrogen and oxygen atoms in total. The summed E-state index contributed by atoms with van der Waals surface area (Å²) in [6, 6.07) is 3.68. The van der Waals surface area contributed by atoms with Gasteiger partial charge in [0.25, 0.3) is 0 Å². The molecule has 0 bridgehead atoms. The SMILES string of the molecule is Cc1c(-c2cc(OC3CN(C(=O)N4N=CCC4c4cc(F)cc(F)c4)C3)c(F)cn2)c(C)n(C)c1N. The van der Waals surface area contributed by atoms with Gasteiger partial charge in [0.2, 0.25) is 0 Å². The van der Waals surface area contributed by atoms with Crippen LogP contribution in [0.2, 0.25) is 0 Å². The molecule has 2 aromatic heterocycles. The molecule has 1 saturated heterocycles. The molecule has 3 aromatic rings. The van der Waals surface area contributed by atoms with Gasteiger partial charge in [-0.3, -0.25) is 4.98 Å². The van der Waals surface area contributed by atoms with Gasteiger partial charge in [-0.1, -0.05) is 0 Å². The fourth-order valence-corrected chi connectivity index (χ4v) is 4.66. The quantitative estimate of drug-likeness (QED) is 0.580. The van der Waals surface area contributed by atoms with Crippen LogP contribution >= 0.6 is 0 Å². The molecule has 4 heterocycles. The number of nitrogens with zero attached hydrogens (tertiary/aromatic N) is 5. The Morgan fingerprint density at radius 1 is 1.11 bits per heavy atom. The lowest BCUT2D eigenvalue weighted by atomic mass is 10.0. The number of halogens is 3. The zero-order chi connectivity index (χ0) is 25.7. The summed E-state index contributed by atoms with van der Waals surface area (Å²) in [6.07, 6.45) is 2.55. The summed E-state index contributed by atoms with van der Waals surface area (Å²) < 4.78 is 49.6. The topological polar surface area (TPSA) is 89.0 Å². The van der Waals surface area contributed by atoms with E-state index in [4.69, 9.17) is 10.5 Å². The molecule has 1 atom stereocenters. The second-order valence-corrected chi connectivity index (χ2v) is 9.05. The summed E-state index contributed by atoms with van der Waals surface area (Å²) in [5.41, 5.74) is 9.54. The molecule has 2 aliphatic rings. The van der Waals surface area contributed by atoms with Crippen molar-refractivity contribution in [3.05, 3.63) is 64.7 Å². The van der Waals surface area contributed by atoms with Crippen LogP contribution in [0.3, 0.4) is 0 Å². The summed E-state index contributed by atoms with van der Waals surface area (Å²) in [5.74, 6) is -1.41. The number of carbonyl (C=O) groups is 1. The van der Waals surface area contributed by atoms with Crippen molar-refractivity contribution in [2.24, 2.45) is 12.1 Å². The molecule has 0 aliphatic carbocycles. The number of anilines is 1. The number of nitrogen functional groups attached to an aromatic ring is 1. The van der Waals surface area contributed by atoms with Gasteiger partial charge in [-0.05, 0) is 31.5 Å². The highest BCUT2D eigenvalue weighted by Gasteiger charge is 2.39. The van der Waals surface area contributed by atoms with E-state index in [1.165, 1.54) is 34.3 Å². The Kier molecular flexibility index (Phi) is 5.85. The Bertz CT molecular complexity index is 1340. The van der Waals surface area contributed by atoms with E-state index in [1.807, 2.05) is 25.5 Å². The summed E-state index contributed by atoms with van der Waals surface area (Å²) in [7, 11) is 1.85. The number of hydrazone groups is 1. The lowest BCUT2D eigenvalue weighted by Crippen LogP contribution is -2.58. The zero-order valence-electron chi connectivity index (χ0n) is 20.0. The Labute approximate surface area is 205 Å². The molecular weight excluding hydrogens is 473 g/mol. The minimum atomic E-state index is -0.718. The highest BCUT2D eigenvalue weighted by molar-refractivity contribution is 5.79. The minimum Gasteiger partial charge on any atom is -0.483 e. The van der Waals surface area contributed by atoms with Crippen molar-refractivity contribution in [2.75, 3.05) is 18.8 Å². The fraction of sp³-hybridized carbons (Fsp3) is 0.320. The first-order valence-electron chi connectivity index (χ1n) is 11.4. The molecule has 2 N–H and O–H groups in total. The number of hydrogen-bond donors (Lipinski definition) is 1. The number of benzene rings is 1. The Balaban J connectivity index is 1.27. The van der Waals surface area contributed by atoms with Crippen LogP contribution in [-0.4, -0.2) is 50.9 Å². The molecule has 1 fully saturated rings. The van der Waals surface area contributed by atoms with Gasteiger partial charge in [-0.15, -0.1) is 0 Å². The van der Waals surface area contributed by atoms with Crippen LogP contribution in [-0.2, 0) is 7.05 Å². The van der Waals surface area contributed by atoms with Crippen molar-refractivity contribution in [1.29, 1.82) is 0 Å². The van der Waals surface area contributed by atoms with Gasteiger partial charge in [0.1, 0.15) is 23.6 Å². The van der Waals surface area contributed by atoms with E-state index in [1.54, 1.807) is 0 Å². The van der Waals surface area contributed by atoms with Crippen molar-refractivity contribution in [2.45, 2.75) is 32.4 Å². The molecule has 1 aromatic carbocycles. The number of urea groups is 1. The molecular formula is C25H25F3N6O2. The second-order valence-electron chi connectivity index (χ2n) is 9.05. The van der Waals surface area contributed by atoms with Crippen LogP contribution in [0.1, 0.15) is 29.3 Å². The van der Waals surface area contributed by atoms with Gasteiger partial charge in [0.05, 0.1) is 31.0 Å². The lowest BCUT2D eigenvalue weighted by molar-refractivity contribution is 0.0256. The second kappa shape index (κ2) is 8.89. The summed E-state index contributed by atoms with van der Waals surface area (Å²) in [4.78, 5) is 18.7. The zero-order valence-corrected chi connectivity index (χ0v) is 20.0. The van der Waals surface area contributed by atoms with Crippen LogP contribution in [0.4, 0.5) is 23.8 Å². The summed E-state index contributed by atoms with van der Waals surface area (Å²) in [6.45, 7) is 4.21. The maximum Gasteiger partial charge on any atom is 0.341 e. The standard InChI is InChI=1S/C25H25F3N6O2/c1-13-23(14(2)32(3)24(13)29)20-9-22(19(28)10-30-20)36-18-11-33(12-18)25(35)34-21(4-5-31-34)15-6-16(26)8-17(27)7-15/h5-10,18,21H,4,11-12,29H2,1-3H3. The van der Waals surface area contributed by atoms with Gasteiger partial charge in [0, 0.05) is 48.6 Å². The van der Waals surface area contributed by atoms with E-state index in [-0.39, 0.29) is 18.8 Å². The fourth-order valence-electron chi connectivity index (χ4n) is 4.66. The van der Waals surface area contributed by atoms with Gasteiger partial charge < -0.3 is 19.9 Å². The Morgan fingerprint density at radius 3 is 2.44 bits per heavy atom. The van der Waals surface area contributed by atoms with Crippen LogP contribution < -0.4 is 10.5 Å². The minimum absolute atomic E-state index is 0.0330. The maximum atomic E-state index is 14.5. The predicted octanol–water partition coefficient (Wildman–Crippen LogP) is 4.32. The van der Waals surface area contributed by atoms with Gasteiger partial charge in [-0.2, -0.15) is 5.10 Å². The number of carbonyl (C=O) groups excluding carboxylic acids is 1. The molecule has 0 saturated carbocycles. The number of aromatic nitrogens is 2. The van der Waals surface area contributed by atoms with Gasteiger partial charge >= 0.3 is 6.03 Å². The highest BCUT2D eigenvalue weighted by Crippen LogP contribution is 2.35. The van der Waals surface area contributed by atoms with E-state index in [0.29, 0.717) is 23.5 Å². The van der Waals surface area contributed by atoms with Crippen LogP contribution in [0, 0.1) is 31.3 Å². The first-order chi connectivity index (χ1) is 17.1. The van der Waals surface area contributed by atoms with E-state index >= 15 is 0 Å². The van der Waals surface area contributed by atoms with Crippen molar-refractivity contribution in [3.8, 4) is 17.0 Å². The number of ether oxygens (including phenoxy) is 1. The molecule has 2 amide bonds. The van der Waals surface area contributed by atoms with Gasteiger partial charge in [0.15, 0.2) is 11.6 Å². The average Bonchev–Trinajstić information content (AvgIpc) is 3.37. The number of rotatable bonds is 4. The van der Waals surface area contributed by atoms with Gasteiger partial charge in [-0.25, -0.2) is 23.0 Å². The van der Waals surface area contributed by atoms with Crippen molar-refractivity contribution >= 4 is 18.1 Å². The van der Waals surface area contributed by atoms with E-state index in [0.717, 1.165) is 29.1 Å². The van der Waals surface area contributed by atoms with E-state index in [2.05, 4.69) is 10.1 Å². The first kappa shape index (κ1) is 23.7. The third-order valence-corrected chi connectivity index (χ3v) is 6.77. The number of likely N-dealkylation sites (tertiary alicyclic amines) is 1. The van der Waals surface area contributed by atoms with Crippen molar-refractivity contribution in [3.63, 3.8) is 0 Å². The molecule has 2 aliphatic heterocycles. The molecule has 0 radical (unpaired) electrons. The number of pyridine rings is 1. The first-order valence-corrected chi connectivity index (χ1v) is 11.4. The third-order valence-electron chi connectivity index (χ3n) is 6.77. The Hall–Kier alpha value is -4.02. The largest absolute Gasteiger partial charge is 0.483 e. The van der Waals surface area contributed by atoms with E-state index in [9.17, 15) is 18.0 Å². The summed E-state index contributed by atoms with van der Waals surface area (Å²) in [5, 5.41) is 5.31. The normalized spacial score (nSPS) is 17.6.